The van der Waals surface area contributed by atoms with E-state index in [2.05, 4.69) is 0 Å². The lowest BCUT2D eigenvalue weighted by Crippen LogP contribution is -2.29. The quantitative estimate of drug-likeness (QED) is 0.716. The van der Waals surface area contributed by atoms with Crippen molar-refractivity contribution in [2.45, 2.75) is 0 Å². The second-order valence-electron chi connectivity index (χ2n) is 3.22. The summed E-state index contributed by atoms with van der Waals surface area (Å²) in [6.07, 6.45) is 0. The molecule has 0 spiro atoms. The van der Waals surface area contributed by atoms with Crippen LogP contribution in [0.1, 0.15) is 10.4 Å². The molecule has 1 aromatic rings. The number of likely N-dealkylation sites (N-methyl/N-ethyl adjacent to an activating group) is 1. The molecule has 3 N–H and O–H groups in total. The Balaban J connectivity index is 2.90. The molecule has 0 heterocycles. The van der Waals surface area contributed by atoms with E-state index in [1.807, 2.05) is 0 Å². The van der Waals surface area contributed by atoms with Gasteiger partial charge in [-0.1, -0.05) is 0 Å². The van der Waals surface area contributed by atoms with Crippen LogP contribution in [0.4, 0.5) is 10.1 Å². The average molecular weight is 212 g/mol. The number of aliphatic hydroxyl groups excluding tert-OH is 1. The molecule has 1 amide bonds. The molecular weight excluding hydrogens is 199 g/mol. The van der Waals surface area contributed by atoms with Crippen molar-refractivity contribution < 1.29 is 14.3 Å². The third-order valence-corrected chi connectivity index (χ3v) is 1.95. The van der Waals surface area contributed by atoms with Gasteiger partial charge in [0, 0.05) is 24.8 Å². The van der Waals surface area contributed by atoms with Crippen LogP contribution in [0.15, 0.2) is 18.2 Å². The molecule has 0 atom stereocenters. The number of benzene rings is 1. The number of hydrogen-bond donors (Lipinski definition) is 2. The number of aliphatic hydroxyl groups is 1. The molecule has 1 aromatic carbocycles. The van der Waals surface area contributed by atoms with Gasteiger partial charge in [-0.15, -0.1) is 0 Å². The minimum Gasteiger partial charge on any atom is -0.399 e. The van der Waals surface area contributed by atoms with Crippen LogP contribution in [0, 0.1) is 5.82 Å². The topological polar surface area (TPSA) is 66.6 Å². The van der Waals surface area contributed by atoms with E-state index < -0.39 is 5.82 Å². The Morgan fingerprint density at radius 1 is 1.53 bits per heavy atom. The lowest BCUT2D eigenvalue weighted by molar-refractivity contribution is 0.0766. The molecule has 0 radical (unpaired) electrons. The molecule has 0 saturated carbocycles. The minimum absolute atomic E-state index is 0.132. The maximum absolute atomic E-state index is 12.9. The number of anilines is 1. The van der Waals surface area contributed by atoms with E-state index in [9.17, 15) is 9.18 Å². The number of nitrogen functional groups attached to an aromatic ring is 1. The Hall–Kier alpha value is -1.62. The summed E-state index contributed by atoms with van der Waals surface area (Å²) in [5.74, 6) is -0.911. The van der Waals surface area contributed by atoms with E-state index in [0.717, 1.165) is 12.1 Å². The van der Waals surface area contributed by atoms with Crippen LogP contribution in [0.3, 0.4) is 0 Å². The van der Waals surface area contributed by atoms with Crippen molar-refractivity contribution in [3.63, 3.8) is 0 Å². The second-order valence-corrected chi connectivity index (χ2v) is 3.22. The SMILES string of the molecule is CN(CCO)C(=O)c1cc(N)cc(F)c1. The molecule has 15 heavy (non-hydrogen) atoms. The second kappa shape index (κ2) is 4.75. The van der Waals surface area contributed by atoms with Crippen LogP contribution in [-0.2, 0) is 0 Å². The summed E-state index contributed by atoms with van der Waals surface area (Å²) in [4.78, 5) is 12.9. The Bertz CT molecular complexity index is 348. The Morgan fingerprint density at radius 2 is 2.20 bits per heavy atom. The maximum Gasteiger partial charge on any atom is 0.253 e. The lowest BCUT2D eigenvalue weighted by atomic mass is 10.1. The first-order valence-corrected chi connectivity index (χ1v) is 4.47. The summed E-state index contributed by atoms with van der Waals surface area (Å²) >= 11 is 0. The van der Waals surface area contributed by atoms with Gasteiger partial charge >= 0.3 is 0 Å². The molecule has 0 aliphatic rings. The predicted molar refractivity (Wildman–Crippen MR) is 54.9 cm³/mol. The fourth-order valence-electron chi connectivity index (χ4n) is 1.21. The van der Waals surface area contributed by atoms with E-state index in [0.29, 0.717) is 0 Å². The van der Waals surface area contributed by atoms with Gasteiger partial charge in [0.15, 0.2) is 0 Å². The maximum atomic E-state index is 12.9. The van der Waals surface area contributed by atoms with E-state index in [4.69, 9.17) is 10.8 Å². The molecule has 0 aliphatic heterocycles. The number of hydrogen-bond acceptors (Lipinski definition) is 3. The zero-order valence-electron chi connectivity index (χ0n) is 8.40. The van der Waals surface area contributed by atoms with E-state index >= 15 is 0 Å². The van der Waals surface area contributed by atoms with Crippen molar-refractivity contribution in [2.24, 2.45) is 0 Å². The average Bonchev–Trinajstić information content (AvgIpc) is 2.15. The zero-order valence-corrected chi connectivity index (χ0v) is 8.40. The highest BCUT2D eigenvalue weighted by Crippen LogP contribution is 2.12. The van der Waals surface area contributed by atoms with E-state index in [-0.39, 0.29) is 30.3 Å². The largest absolute Gasteiger partial charge is 0.399 e. The van der Waals surface area contributed by atoms with Gasteiger partial charge in [-0.2, -0.15) is 0 Å². The van der Waals surface area contributed by atoms with Crippen molar-refractivity contribution >= 4 is 11.6 Å². The normalized spacial score (nSPS) is 10.1. The first-order valence-electron chi connectivity index (χ1n) is 4.47. The first kappa shape index (κ1) is 11.5. The molecular formula is C10H13FN2O2. The van der Waals surface area contributed by atoms with Crippen molar-refractivity contribution in [1.29, 1.82) is 0 Å². The van der Waals surface area contributed by atoms with Crippen LogP contribution >= 0.6 is 0 Å². The van der Waals surface area contributed by atoms with Gasteiger partial charge in [-0.3, -0.25) is 4.79 Å². The first-order chi connectivity index (χ1) is 7.04. The van der Waals surface area contributed by atoms with Crippen molar-refractivity contribution in [3.05, 3.63) is 29.6 Å². The van der Waals surface area contributed by atoms with Crippen molar-refractivity contribution in [1.82, 2.24) is 4.90 Å². The zero-order chi connectivity index (χ0) is 11.4. The van der Waals surface area contributed by atoms with Gasteiger partial charge in [-0.25, -0.2) is 4.39 Å². The van der Waals surface area contributed by atoms with Gasteiger partial charge in [-0.05, 0) is 18.2 Å². The molecule has 4 nitrogen and oxygen atoms in total. The predicted octanol–water partition coefficient (Wildman–Crippen LogP) is 0.472. The minimum atomic E-state index is -0.546. The molecule has 0 unspecified atom stereocenters. The van der Waals surface area contributed by atoms with E-state index in [1.165, 1.54) is 18.0 Å². The van der Waals surface area contributed by atoms with Crippen LogP contribution in [-0.4, -0.2) is 36.1 Å². The van der Waals surface area contributed by atoms with Crippen molar-refractivity contribution in [2.75, 3.05) is 25.9 Å². The molecule has 0 aromatic heterocycles. The summed E-state index contributed by atoms with van der Waals surface area (Å²) < 4.78 is 12.9. The third kappa shape index (κ3) is 2.92. The number of amides is 1. The number of nitrogens with two attached hydrogens (primary N) is 1. The van der Waals surface area contributed by atoms with E-state index in [1.54, 1.807) is 0 Å². The highest BCUT2D eigenvalue weighted by atomic mass is 19.1. The summed E-state index contributed by atoms with van der Waals surface area (Å²) in [7, 11) is 1.53. The Labute approximate surface area is 87.1 Å². The van der Waals surface area contributed by atoms with Crippen molar-refractivity contribution in [3.8, 4) is 0 Å². The highest BCUT2D eigenvalue weighted by molar-refractivity contribution is 5.94. The van der Waals surface area contributed by atoms with Gasteiger partial charge < -0.3 is 15.7 Å². The summed E-state index contributed by atoms with van der Waals surface area (Å²) in [6.45, 7) is 0.0717. The van der Waals surface area contributed by atoms with Crippen LogP contribution < -0.4 is 5.73 Å². The summed E-state index contributed by atoms with van der Waals surface area (Å²) in [6, 6.07) is 3.66. The van der Waals surface area contributed by atoms with Gasteiger partial charge in [0.05, 0.1) is 6.61 Å². The summed E-state index contributed by atoms with van der Waals surface area (Å²) in [5, 5.41) is 8.65. The number of rotatable bonds is 3. The fourth-order valence-corrected chi connectivity index (χ4v) is 1.21. The lowest BCUT2D eigenvalue weighted by Gasteiger charge is -2.15. The molecule has 0 fully saturated rings. The standard InChI is InChI=1S/C10H13FN2O2/c1-13(2-3-14)10(15)7-4-8(11)6-9(12)5-7/h4-6,14H,2-3,12H2,1H3. The fraction of sp³-hybridized carbons (Fsp3) is 0.300. The number of carbonyl (C=O) groups excluding carboxylic acids is 1. The molecule has 0 saturated heterocycles. The Morgan fingerprint density at radius 3 is 2.73 bits per heavy atom. The van der Waals surface area contributed by atoms with Gasteiger partial charge in [0.25, 0.3) is 5.91 Å². The van der Waals surface area contributed by atoms with Crippen LogP contribution in [0.5, 0.6) is 0 Å². The monoisotopic (exact) mass is 212 g/mol. The van der Waals surface area contributed by atoms with Gasteiger partial charge in [0.1, 0.15) is 5.82 Å². The Kier molecular flexibility index (Phi) is 3.62. The third-order valence-electron chi connectivity index (χ3n) is 1.95. The summed E-state index contributed by atoms with van der Waals surface area (Å²) in [5.41, 5.74) is 5.80. The van der Waals surface area contributed by atoms with Crippen LogP contribution in [0.25, 0.3) is 0 Å². The molecule has 5 heteroatoms. The molecule has 0 aliphatic carbocycles. The number of carbonyl (C=O) groups is 1. The molecule has 82 valence electrons. The smallest absolute Gasteiger partial charge is 0.253 e. The number of halogens is 1. The molecule has 1 rings (SSSR count). The van der Waals surface area contributed by atoms with Crippen LogP contribution in [0.2, 0.25) is 0 Å². The molecule has 0 bridgehead atoms. The highest BCUT2D eigenvalue weighted by Gasteiger charge is 2.12. The number of nitrogens with zero attached hydrogens (tertiary/aromatic N) is 1. The van der Waals surface area contributed by atoms with Gasteiger partial charge in [0.2, 0.25) is 0 Å².